The molecule has 0 atom stereocenters. The molecule has 0 aliphatic carbocycles. The molecule has 0 unspecified atom stereocenters. The van der Waals surface area contributed by atoms with Crippen LogP contribution in [0.1, 0.15) is 53.9 Å². The van der Waals surface area contributed by atoms with Gasteiger partial charge in [0.1, 0.15) is 0 Å². The summed E-state index contributed by atoms with van der Waals surface area (Å²) in [5.74, 6) is 0. The molecule has 0 aromatic carbocycles. The van der Waals surface area contributed by atoms with Crippen LogP contribution in [0.3, 0.4) is 0 Å². The topological polar surface area (TPSA) is 15.3 Å². The summed E-state index contributed by atoms with van der Waals surface area (Å²) in [4.78, 5) is 2.56. The fourth-order valence-electron chi connectivity index (χ4n) is 2.28. The van der Waals surface area contributed by atoms with E-state index in [1.165, 1.54) is 44.5 Å². The number of nitrogens with zero attached hydrogens (tertiary/aromatic N) is 1. The van der Waals surface area contributed by atoms with Crippen LogP contribution in [0.5, 0.6) is 0 Å². The van der Waals surface area contributed by atoms with E-state index in [2.05, 4.69) is 50.9 Å². The molecule has 1 rings (SSSR count). The molecule has 0 spiro atoms. The van der Waals surface area contributed by atoms with E-state index in [4.69, 9.17) is 0 Å². The fourth-order valence-corrected chi connectivity index (χ4v) is 2.28. The van der Waals surface area contributed by atoms with E-state index in [1.54, 1.807) is 0 Å². The number of rotatable bonds is 5. The molecule has 0 saturated carbocycles. The highest BCUT2D eigenvalue weighted by molar-refractivity contribution is 4.95. The summed E-state index contributed by atoms with van der Waals surface area (Å²) in [6, 6.07) is 0.746. The maximum Gasteiger partial charge on any atom is 0.0165 e. The van der Waals surface area contributed by atoms with E-state index in [9.17, 15) is 0 Å². The zero-order valence-corrected chi connectivity index (χ0v) is 13.1. The molecule has 1 aliphatic rings. The highest BCUT2D eigenvalue weighted by Gasteiger charge is 2.18. The van der Waals surface area contributed by atoms with Crippen LogP contribution >= 0.6 is 0 Å². The Bertz CT molecular complexity index is 251. The molecule has 0 aromatic rings. The van der Waals surface area contributed by atoms with E-state index in [1.807, 2.05) is 0 Å². The van der Waals surface area contributed by atoms with Gasteiger partial charge >= 0.3 is 0 Å². The lowest BCUT2D eigenvalue weighted by Crippen LogP contribution is -2.43. The third-order valence-corrected chi connectivity index (χ3v) is 3.65. The number of likely N-dealkylation sites (tertiary alicyclic amines) is 1. The maximum atomic E-state index is 3.72. The molecule has 106 valence electrons. The van der Waals surface area contributed by atoms with Gasteiger partial charge in [-0.05, 0) is 58.2 Å². The molecule has 1 saturated heterocycles. The van der Waals surface area contributed by atoms with Crippen LogP contribution in [-0.4, -0.2) is 37.1 Å². The second-order valence-corrected chi connectivity index (χ2v) is 7.12. The Kier molecular flexibility index (Phi) is 6.37. The van der Waals surface area contributed by atoms with Crippen molar-refractivity contribution in [2.45, 2.75) is 59.9 Å². The predicted molar refractivity (Wildman–Crippen MR) is 81.0 cm³/mol. The Balaban J connectivity index is 2.14. The number of piperidine rings is 1. The van der Waals surface area contributed by atoms with E-state index in [0.717, 1.165) is 12.6 Å². The van der Waals surface area contributed by atoms with Crippen molar-refractivity contribution in [3.8, 4) is 0 Å². The van der Waals surface area contributed by atoms with Crippen molar-refractivity contribution in [2.75, 3.05) is 26.2 Å². The first-order valence-corrected chi connectivity index (χ1v) is 7.46. The first-order valence-electron chi connectivity index (χ1n) is 7.46. The van der Waals surface area contributed by atoms with E-state index in [-0.39, 0.29) is 0 Å². The maximum absolute atomic E-state index is 3.72. The average Bonchev–Trinajstić information content (AvgIpc) is 2.26. The van der Waals surface area contributed by atoms with Gasteiger partial charge in [0, 0.05) is 12.6 Å². The molecule has 0 radical (unpaired) electrons. The lowest BCUT2D eigenvalue weighted by molar-refractivity contribution is 0.211. The lowest BCUT2D eigenvalue weighted by Gasteiger charge is -2.32. The number of allylic oxidation sites excluding steroid dienone is 1. The van der Waals surface area contributed by atoms with Gasteiger partial charge in [-0.25, -0.2) is 0 Å². The molecule has 1 N–H and O–H groups in total. The average molecular weight is 252 g/mol. The highest BCUT2D eigenvalue weighted by atomic mass is 15.1. The van der Waals surface area contributed by atoms with Gasteiger partial charge in [-0.1, -0.05) is 32.4 Å². The third-order valence-electron chi connectivity index (χ3n) is 3.65. The van der Waals surface area contributed by atoms with Crippen LogP contribution in [0, 0.1) is 5.41 Å². The van der Waals surface area contributed by atoms with Crippen LogP contribution in [0.4, 0.5) is 0 Å². The summed E-state index contributed by atoms with van der Waals surface area (Å²) in [6.45, 7) is 16.1. The minimum absolute atomic E-state index is 0.456. The summed E-state index contributed by atoms with van der Waals surface area (Å²) in [7, 11) is 0. The molecule has 0 aromatic heterocycles. The third kappa shape index (κ3) is 7.17. The van der Waals surface area contributed by atoms with Crippen LogP contribution in [-0.2, 0) is 0 Å². The van der Waals surface area contributed by atoms with Gasteiger partial charge in [-0.3, -0.25) is 4.90 Å². The predicted octanol–water partition coefficient (Wildman–Crippen LogP) is 3.44. The molecule has 1 heterocycles. The normalized spacial score (nSPS) is 18.9. The Labute approximate surface area is 114 Å². The smallest absolute Gasteiger partial charge is 0.0165 e. The first-order chi connectivity index (χ1) is 8.37. The van der Waals surface area contributed by atoms with Gasteiger partial charge < -0.3 is 5.32 Å². The molecular formula is C16H32N2. The van der Waals surface area contributed by atoms with Gasteiger partial charge in [-0.2, -0.15) is 0 Å². The molecule has 1 fully saturated rings. The van der Waals surface area contributed by atoms with Gasteiger partial charge in [0.2, 0.25) is 0 Å². The Morgan fingerprint density at radius 1 is 1.22 bits per heavy atom. The van der Waals surface area contributed by atoms with E-state index < -0.39 is 0 Å². The SMILES string of the molecule is CC(C)=CCN1CCC(NCCC(C)(C)C)CC1. The highest BCUT2D eigenvalue weighted by Crippen LogP contribution is 2.18. The van der Waals surface area contributed by atoms with Gasteiger partial charge in [0.15, 0.2) is 0 Å². The van der Waals surface area contributed by atoms with Crippen LogP contribution in [0.15, 0.2) is 11.6 Å². The van der Waals surface area contributed by atoms with Crippen molar-refractivity contribution in [1.29, 1.82) is 0 Å². The minimum atomic E-state index is 0.456. The van der Waals surface area contributed by atoms with Crippen molar-refractivity contribution in [3.63, 3.8) is 0 Å². The monoisotopic (exact) mass is 252 g/mol. The van der Waals surface area contributed by atoms with Crippen molar-refractivity contribution in [2.24, 2.45) is 5.41 Å². The van der Waals surface area contributed by atoms with Gasteiger partial charge in [-0.15, -0.1) is 0 Å². The summed E-state index contributed by atoms with van der Waals surface area (Å²) in [5.41, 5.74) is 1.89. The molecule has 2 nitrogen and oxygen atoms in total. The van der Waals surface area contributed by atoms with Crippen LogP contribution in [0.25, 0.3) is 0 Å². The first kappa shape index (κ1) is 15.7. The standard InChI is InChI=1S/C16H32N2/c1-14(2)6-11-18-12-7-15(8-13-18)17-10-9-16(3,4)5/h6,15,17H,7-13H2,1-5H3. The van der Waals surface area contributed by atoms with Gasteiger partial charge in [0.25, 0.3) is 0 Å². The zero-order chi connectivity index (χ0) is 13.6. The van der Waals surface area contributed by atoms with E-state index >= 15 is 0 Å². The van der Waals surface area contributed by atoms with Crippen molar-refractivity contribution in [1.82, 2.24) is 10.2 Å². The largest absolute Gasteiger partial charge is 0.314 e. The summed E-state index contributed by atoms with van der Waals surface area (Å²) >= 11 is 0. The quantitative estimate of drug-likeness (QED) is 0.754. The number of nitrogens with one attached hydrogen (secondary N) is 1. The molecule has 2 heteroatoms. The number of hydrogen-bond acceptors (Lipinski definition) is 2. The van der Waals surface area contributed by atoms with Crippen molar-refractivity contribution < 1.29 is 0 Å². The summed E-state index contributed by atoms with van der Waals surface area (Å²) < 4.78 is 0. The van der Waals surface area contributed by atoms with Gasteiger partial charge in [0.05, 0.1) is 0 Å². The number of hydrogen-bond donors (Lipinski definition) is 1. The summed E-state index contributed by atoms with van der Waals surface area (Å²) in [5, 5.41) is 3.72. The van der Waals surface area contributed by atoms with Crippen LogP contribution < -0.4 is 5.32 Å². The van der Waals surface area contributed by atoms with Crippen molar-refractivity contribution >= 4 is 0 Å². The Morgan fingerprint density at radius 3 is 2.33 bits per heavy atom. The molecule has 0 bridgehead atoms. The zero-order valence-electron chi connectivity index (χ0n) is 13.1. The van der Waals surface area contributed by atoms with Crippen LogP contribution in [0.2, 0.25) is 0 Å². The minimum Gasteiger partial charge on any atom is -0.314 e. The fraction of sp³-hybridized carbons (Fsp3) is 0.875. The Morgan fingerprint density at radius 2 is 1.83 bits per heavy atom. The Hall–Kier alpha value is -0.340. The molecule has 1 aliphatic heterocycles. The second kappa shape index (κ2) is 7.30. The molecule has 0 amide bonds. The second-order valence-electron chi connectivity index (χ2n) is 7.12. The molecular weight excluding hydrogens is 220 g/mol. The molecule has 18 heavy (non-hydrogen) atoms. The van der Waals surface area contributed by atoms with Crippen molar-refractivity contribution in [3.05, 3.63) is 11.6 Å². The van der Waals surface area contributed by atoms with E-state index in [0.29, 0.717) is 5.41 Å². The summed E-state index contributed by atoms with van der Waals surface area (Å²) in [6.07, 6.45) is 6.22. The lowest BCUT2D eigenvalue weighted by atomic mass is 9.92.